The second-order valence-electron chi connectivity index (χ2n) is 5.37. The highest BCUT2D eigenvalue weighted by atomic mass is 19.1. The minimum Gasteiger partial charge on any atom is -0.481 e. The first-order valence-corrected chi connectivity index (χ1v) is 6.53. The average Bonchev–Trinajstić information content (AvgIpc) is 3.12. The monoisotopic (exact) mass is 261 g/mol. The lowest BCUT2D eigenvalue weighted by Gasteiger charge is -2.16. The average molecular weight is 261 g/mol. The van der Waals surface area contributed by atoms with Crippen molar-refractivity contribution in [3.05, 3.63) is 35.8 Å². The van der Waals surface area contributed by atoms with Crippen molar-refractivity contribution in [3.8, 4) is 0 Å². The second kappa shape index (κ2) is 4.37. The van der Waals surface area contributed by atoms with Crippen LogP contribution in [0.1, 0.15) is 30.7 Å². The van der Waals surface area contributed by atoms with Gasteiger partial charge in [-0.3, -0.25) is 4.79 Å². The molecule has 100 valence electrons. The van der Waals surface area contributed by atoms with Crippen LogP contribution in [0.25, 0.3) is 10.9 Å². The lowest BCUT2D eigenvalue weighted by molar-refractivity contribution is -0.137. The van der Waals surface area contributed by atoms with Gasteiger partial charge in [0, 0.05) is 24.5 Å². The number of halogens is 1. The SMILES string of the molecule is Cn1ccc2c(F)c(C(CC(=O)O)C3CC3)ccc21. The number of carbonyl (C=O) groups is 1. The highest BCUT2D eigenvalue weighted by molar-refractivity contribution is 5.82. The quantitative estimate of drug-likeness (QED) is 0.917. The Hall–Kier alpha value is -1.84. The number of carboxylic acids is 1. The number of aliphatic carboxylic acids is 1. The van der Waals surface area contributed by atoms with Crippen LogP contribution in [0.4, 0.5) is 4.39 Å². The van der Waals surface area contributed by atoms with Gasteiger partial charge in [0.2, 0.25) is 0 Å². The molecular weight excluding hydrogens is 245 g/mol. The van der Waals surface area contributed by atoms with Crippen molar-refractivity contribution in [3.63, 3.8) is 0 Å². The first-order chi connectivity index (χ1) is 9.08. The molecule has 1 saturated carbocycles. The molecule has 1 unspecified atom stereocenters. The molecule has 0 spiro atoms. The van der Waals surface area contributed by atoms with Crippen molar-refractivity contribution in [2.75, 3.05) is 0 Å². The van der Waals surface area contributed by atoms with Gasteiger partial charge in [-0.15, -0.1) is 0 Å². The van der Waals surface area contributed by atoms with Crippen molar-refractivity contribution in [1.29, 1.82) is 0 Å². The summed E-state index contributed by atoms with van der Waals surface area (Å²) < 4.78 is 16.4. The van der Waals surface area contributed by atoms with Crippen LogP contribution in [0.5, 0.6) is 0 Å². The zero-order chi connectivity index (χ0) is 13.6. The largest absolute Gasteiger partial charge is 0.481 e. The number of aryl methyl sites for hydroxylation is 1. The van der Waals surface area contributed by atoms with E-state index in [0.29, 0.717) is 16.9 Å². The molecule has 1 aromatic heterocycles. The Balaban J connectivity index is 2.07. The predicted octanol–water partition coefficient (Wildman–Crippen LogP) is 3.29. The van der Waals surface area contributed by atoms with Gasteiger partial charge >= 0.3 is 5.97 Å². The Bertz CT molecular complexity index is 643. The summed E-state index contributed by atoms with van der Waals surface area (Å²) in [7, 11) is 1.87. The van der Waals surface area contributed by atoms with E-state index >= 15 is 0 Å². The number of rotatable bonds is 4. The summed E-state index contributed by atoms with van der Waals surface area (Å²) in [5.41, 5.74) is 1.40. The lowest BCUT2D eigenvalue weighted by atomic mass is 9.90. The topological polar surface area (TPSA) is 42.2 Å². The van der Waals surface area contributed by atoms with E-state index in [-0.39, 0.29) is 18.2 Å². The fourth-order valence-electron chi connectivity index (χ4n) is 2.84. The van der Waals surface area contributed by atoms with E-state index in [1.807, 2.05) is 23.9 Å². The number of nitrogens with zero attached hydrogens (tertiary/aromatic N) is 1. The maximum Gasteiger partial charge on any atom is 0.303 e. The van der Waals surface area contributed by atoms with Gasteiger partial charge in [-0.25, -0.2) is 4.39 Å². The molecule has 1 N–H and O–H groups in total. The first-order valence-electron chi connectivity index (χ1n) is 6.53. The Morgan fingerprint density at radius 1 is 1.47 bits per heavy atom. The van der Waals surface area contributed by atoms with Crippen molar-refractivity contribution in [2.24, 2.45) is 13.0 Å². The van der Waals surface area contributed by atoms with Crippen LogP contribution in [-0.4, -0.2) is 15.6 Å². The molecule has 3 rings (SSSR count). The summed E-state index contributed by atoms with van der Waals surface area (Å²) in [6.07, 6.45) is 3.84. The number of benzene rings is 1. The summed E-state index contributed by atoms with van der Waals surface area (Å²) in [5.74, 6) is -0.977. The van der Waals surface area contributed by atoms with E-state index in [1.54, 1.807) is 12.1 Å². The van der Waals surface area contributed by atoms with Crippen LogP contribution >= 0.6 is 0 Å². The van der Waals surface area contributed by atoms with Crippen LogP contribution in [-0.2, 0) is 11.8 Å². The second-order valence-corrected chi connectivity index (χ2v) is 5.37. The van der Waals surface area contributed by atoms with Crippen molar-refractivity contribution < 1.29 is 14.3 Å². The first kappa shape index (κ1) is 12.2. The predicted molar refractivity (Wildman–Crippen MR) is 70.6 cm³/mol. The summed E-state index contributed by atoms with van der Waals surface area (Å²) in [6.45, 7) is 0. The molecule has 3 nitrogen and oxygen atoms in total. The Morgan fingerprint density at radius 3 is 2.84 bits per heavy atom. The highest BCUT2D eigenvalue weighted by Gasteiger charge is 2.35. The molecule has 0 radical (unpaired) electrons. The van der Waals surface area contributed by atoms with Crippen molar-refractivity contribution in [2.45, 2.75) is 25.2 Å². The third-order valence-corrected chi connectivity index (χ3v) is 4.02. The van der Waals surface area contributed by atoms with Crippen LogP contribution in [0.15, 0.2) is 24.4 Å². The van der Waals surface area contributed by atoms with Crippen molar-refractivity contribution >= 4 is 16.9 Å². The molecule has 19 heavy (non-hydrogen) atoms. The van der Waals surface area contributed by atoms with Gasteiger partial charge in [0.15, 0.2) is 0 Å². The molecule has 1 aromatic carbocycles. The van der Waals surface area contributed by atoms with Gasteiger partial charge in [-0.05, 0) is 36.5 Å². The van der Waals surface area contributed by atoms with Gasteiger partial charge in [0.25, 0.3) is 0 Å². The molecule has 1 heterocycles. The Morgan fingerprint density at radius 2 is 2.21 bits per heavy atom. The standard InChI is InChI=1S/C15H16FNO2/c1-17-7-6-11-13(17)5-4-10(15(11)16)12(8-14(18)19)9-2-3-9/h4-7,9,12H,2-3,8H2,1H3,(H,18,19). The number of fused-ring (bicyclic) bond motifs is 1. The minimum absolute atomic E-state index is 0.0138. The zero-order valence-electron chi connectivity index (χ0n) is 10.8. The fraction of sp³-hybridized carbons (Fsp3) is 0.400. The van der Waals surface area contributed by atoms with Gasteiger partial charge < -0.3 is 9.67 Å². The van der Waals surface area contributed by atoms with Gasteiger partial charge in [0.1, 0.15) is 5.82 Å². The van der Waals surface area contributed by atoms with E-state index in [0.717, 1.165) is 18.4 Å². The summed E-state index contributed by atoms with van der Waals surface area (Å²) in [4.78, 5) is 11.0. The maximum atomic E-state index is 14.6. The Kier molecular flexibility index (Phi) is 2.81. The molecule has 1 atom stereocenters. The van der Waals surface area contributed by atoms with E-state index < -0.39 is 5.97 Å². The summed E-state index contributed by atoms with van der Waals surface area (Å²) in [5, 5.41) is 9.58. The van der Waals surface area contributed by atoms with E-state index in [1.165, 1.54) is 0 Å². The third-order valence-electron chi connectivity index (χ3n) is 4.02. The molecule has 1 fully saturated rings. The molecule has 2 aromatic rings. The zero-order valence-corrected chi connectivity index (χ0v) is 10.8. The lowest BCUT2D eigenvalue weighted by Crippen LogP contribution is -2.10. The molecule has 0 aliphatic heterocycles. The molecule has 1 aliphatic carbocycles. The molecule has 0 bridgehead atoms. The fourth-order valence-corrected chi connectivity index (χ4v) is 2.84. The van der Waals surface area contributed by atoms with Crippen molar-refractivity contribution in [1.82, 2.24) is 4.57 Å². The van der Waals surface area contributed by atoms with E-state index in [2.05, 4.69) is 0 Å². The van der Waals surface area contributed by atoms with Crippen LogP contribution < -0.4 is 0 Å². The molecule has 0 saturated heterocycles. The van der Waals surface area contributed by atoms with Crippen LogP contribution in [0.3, 0.4) is 0 Å². The van der Waals surface area contributed by atoms with Gasteiger partial charge in [-0.1, -0.05) is 6.07 Å². The smallest absolute Gasteiger partial charge is 0.303 e. The minimum atomic E-state index is -0.857. The van der Waals surface area contributed by atoms with Crippen LogP contribution in [0.2, 0.25) is 0 Å². The highest BCUT2D eigenvalue weighted by Crippen LogP contribution is 2.45. The molecule has 0 amide bonds. The maximum absolute atomic E-state index is 14.6. The van der Waals surface area contributed by atoms with Crippen LogP contribution in [0, 0.1) is 11.7 Å². The van der Waals surface area contributed by atoms with Gasteiger partial charge in [0.05, 0.1) is 11.9 Å². The molecule has 4 heteroatoms. The summed E-state index contributed by atoms with van der Waals surface area (Å²) in [6, 6.07) is 5.38. The number of aromatic nitrogens is 1. The molecular formula is C15H16FNO2. The number of hydrogen-bond donors (Lipinski definition) is 1. The number of hydrogen-bond acceptors (Lipinski definition) is 1. The van der Waals surface area contributed by atoms with E-state index in [4.69, 9.17) is 5.11 Å². The third kappa shape index (κ3) is 2.11. The molecule has 1 aliphatic rings. The number of carboxylic acid groups (broad SMARTS) is 1. The summed E-state index contributed by atoms with van der Waals surface area (Å²) >= 11 is 0. The van der Waals surface area contributed by atoms with E-state index in [9.17, 15) is 9.18 Å². The Labute approximate surface area is 110 Å². The van der Waals surface area contributed by atoms with Gasteiger partial charge in [-0.2, -0.15) is 0 Å². The normalized spacial score (nSPS) is 16.7.